The Hall–Kier alpha value is -2.01. The van der Waals surface area contributed by atoms with Crippen LogP contribution in [0.4, 0.5) is 10.5 Å². The van der Waals surface area contributed by atoms with E-state index in [1.54, 1.807) is 11.0 Å². The summed E-state index contributed by atoms with van der Waals surface area (Å²) in [6.45, 7) is 11.2. The summed E-state index contributed by atoms with van der Waals surface area (Å²) in [6, 6.07) is 8.13. The molecule has 0 bridgehead atoms. The zero-order valence-electron chi connectivity index (χ0n) is 16.1. The molecule has 1 aromatic carbocycles. The van der Waals surface area contributed by atoms with Crippen LogP contribution in [0.25, 0.3) is 0 Å². The second-order valence-electron chi connectivity index (χ2n) is 8.36. The van der Waals surface area contributed by atoms with E-state index < -0.39 is 11.2 Å². The minimum atomic E-state index is -0.891. The Balaban J connectivity index is 1.85. The Morgan fingerprint density at radius 1 is 1.38 bits per heavy atom. The topological polar surface area (TPSA) is 53.0 Å². The Labute approximate surface area is 156 Å². The van der Waals surface area contributed by atoms with Gasteiger partial charge in [-0.2, -0.15) is 0 Å². The lowest BCUT2D eigenvalue weighted by molar-refractivity contribution is -0.0453. The number of rotatable bonds is 3. The van der Waals surface area contributed by atoms with Crippen molar-refractivity contribution in [1.29, 1.82) is 0 Å². The van der Waals surface area contributed by atoms with Gasteiger partial charge < -0.3 is 19.6 Å². The summed E-state index contributed by atoms with van der Waals surface area (Å²) >= 11 is 0. The van der Waals surface area contributed by atoms with E-state index in [9.17, 15) is 9.90 Å². The normalized spacial score (nSPS) is 25.8. The lowest BCUT2D eigenvalue weighted by Crippen LogP contribution is -2.63. The third-order valence-electron chi connectivity index (χ3n) is 5.28. The summed E-state index contributed by atoms with van der Waals surface area (Å²) in [5, 5.41) is 11.4. The molecule has 26 heavy (non-hydrogen) atoms. The number of hydrogen-bond acceptors (Lipinski definition) is 4. The molecule has 142 valence electrons. The highest BCUT2D eigenvalue weighted by Gasteiger charge is 2.46. The first-order chi connectivity index (χ1) is 12.2. The van der Waals surface area contributed by atoms with E-state index in [4.69, 9.17) is 4.74 Å². The molecule has 1 saturated heterocycles. The molecule has 0 unspecified atom stereocenters. The second-order valence-corrected chi connectivity index (χ2v) is 8.36. The number of aliphatic hydroxyl groups is 1. The highest BCUT2D eigenvalue weighted by molar-refractivity contribution is 5.69. The monoisotopic (exact) mass is 358 g/mol. The van der Waals surface area contributed by atoms with Crippen LogP contribution in [0.3, 0.4) is 0 Å². The zero-order chi connectivity index (χ0) is 18.9. The van der Waals surface area contributed by atoms with Gasteiger partial charge in [-0.3, -0.25) is 0 Å². The van der Waals surface area contributed by atoms with Crippen molar-refractivity contribution in [2.45, 2.75) is 57.3 Å². The predicted octanol–water partition coefficient (Wildman–Crippen LogP) is 3.37. The molecule has 3 rings (SSSR count). The van der Waals surface area contributed by atoms with Gasteiger partial charge in [0, 0.05) is 25.3 Å². The Morgan fingerprint density at radius 2 is 2.12 bits per heavy atom. The van der Waals surface area contributed by atoms with Gasteiger partial charge in [0.1, 0.15) is 5.60 Å². The average Bonchev–Trinajstić information content (AvgIpc) is 2.97. The largest absolute Gasteiger partial charge is 0.444 e. The fourth-order valence-electron chi connectivity index (χ4n) is 4.02. The fourth-order valence-corrected chi connectivity index (χ4v) is 4.02. The van der Waals surface area contributed by atoms with Crippen molar-refractivity contribution in [3.8, 4) is 0 Å². The first-order valence-corrected chi connectivity index (χ1v) is 9.39. The van der Waals surface area contributed by atoms with Crippen LogP contribution in [0.15, 0.2) is 36.9 Å². The molecule has 1 N–H and O–H groups in total. The summed E-state index contributed by atoms with van der Waals surface area (Å²) in [6.07, 6.45) is 3.46. The van der Waals surface area contributed by atoms with Gasteiger partial charge in [0.25, 0.3) is 0 Å². The van der Waals surface area contributed by atoms with Gasteiger partial charge in [-0.05, 0) is 51.7 Å². The smallest absolute Gasteiger partial charge is 0.410 e. The first kappa shape index (κ1) is 18.8. The molecule has 1 amide bonds. The molecular weight excluding hydrogens is 328 g/mol. The van der Waals surface area contributed by atoms with Crippen LogP contribution in [0.5, 0.6) is 0 Å². The molecule has 0 saturated carbocycles. The van der Waals surface area contributed by atoms with E-state index in [2.05, 4.69) is 23.6 Å². The maximum atomic E-state index is 12.6. The summed E-state index contributed by atoms with van der Waals surface area (Å²) in [5.41, 5.74) is 1.04. The van der Waals surface area contributed by atoms with Crippen LogP contribution in [0, 0.1) is 0 Å². The molecule has 0 spiro atoms. The third kappa shape index (κ3) is 3.73. The van der Waals surface area contributed by atoms with Crippen LogP contribution in [-0.4, -0.2) is 53.0 Å². The quantitative estimate of drug-likeness (QED) is 0.842. The third-order valence-corrected chi connectivity index (χ3v) is 5.28. The molecule has 2 heterocycles. The molecule has 0 radical (unpaired) electrons. The first-order valence-electron chi connectivity index (χ1n) is 9.39. The summed E-state index contributed by atoms with van der Waals surface area (Å²) in [7, 11) is 0. The molecule has 5 nitrogen and oxygen atoms in total. The summed E-state index contributed by atoms with van der Waals surface area (Å²) in [5.74, 6) is 0. The Morgan fingerprint density at radius 3 is 2.81 bits per heavy atom. The van der Waals surface area contributed by atoms with Crippen LogP contribution in [-0.2, 0) is 11.2 Å². The van der Waals surface area contributed by atoms with E-state index in [-0.39, 0.29) is 12.1 Å². The summed E-state index contributed by atoms with van der Waals surface area (Å²) < 4.78 is 5.55. The number of hydrogen-bond donors (Lipinski definition) is 1. The van der Waals surface area contributed by atoms with Gasteiger partial charge >= 0.3 is 6.09 Å². The number of carbonyl (C=O) groups is 1. The molecule has 1 aromatic rings. The molecule has 5 heteroatoms. The number of para-hydroxylation sites is 1. The van der Waals surface area contributed by atoms with Gasteiger partial charge in [0.05, 0.1) is 11.6 Å². The molecular formula is C21H30N2O3. The van der Waals surface area contributed by atoms with Crippen LogP contribution in [0.2, 0.25) is 0 Å². The van der Waals surface area contributed by atoms with Crippen molar-refractivity contribution >= 4 is 11.8 Å². The SMILES string of the molecule is C=CC[C@@]1(O)CCN(C(=O)OC(C)(C)C)C[C@@H]1N1CCc2ccccc21. The van der Waals surface area contributed by atoms with Gasteiger partial charge in [0.2, 0.25) is 0 Å². The number of ether oxygens (including phenoxy) is 1. The van der Waals surface area contributed by atoms with E-state index in [0.717, 1.165) is 18.7 Å². The maximum absolute atomic E-state index is 12.6. The average molecular weight is 358 g/mol. The highest BCUT2D eigenvalue weighted by Crippen LogP contribution is 2.37. The number of anilines is 1. The Kier molecular flexibility index (Phi) is 5.02. The number of fused-ring (bicyclic) bond motifs is 1. The second kappa shape index (κ2) is 6.95. The molecule has 0 aliphatic carbocycles. The highest BCUT2D eigenvalue weighted by atomic mass is 16.6. The molecule has 1 fully saturated rings. The zero-order valence-corrected chi connectivity index (χ0v) is 16.1. The van der Waals surface area contributed by atoms with Gasteiger partial charge in [-0.25, -0.2) is 4.79 Å². The summed E-state index contributed by atoms with van der Waals surface area (Å²) in [4.78, 5) is 16.6. The van der Waals surface area contributed by atoms with E-state index in [1.807, 2.05) is 32.9 Å². The van der Waals surface area contributed by atoms with Crippen molar-refractivity contribution in [1.82, 2.24) is 4.90 Å². The van der Waals surface area contributed by atoms with Crippen molar-refractivity contribution < 1.29 is 14.6 Å². The van der Waals surface area contributed by atoms with Crippen LogP contribution >= 0.6 is 0 Å². The predicted molar refractivity (Wildman–Crippen MR) is 103 cm³/mol. The lowest BCUT2D eigenvalue weighted by atomic mass is 9.82. The molecule has 2 aliphatic rings. The minimum absolute atomic E-state index is 0.176. The minimum Gasteiger partial charge on any atom is -0.444 e. The van der Waals surface area contributed by atoms with Gasteiger partial charge in [0.15, 0.2) is 0 Å². The van der Waals surface area contributed by atoms with Crippen LogP contribution in [0.1, 0.15) is 39.2 Å². The maximum Gasteiger partial charge on any atom is 0.410 e. The lowest BCUT2D eigenvalue weighted by Gasteiger charge is -2.48. The number of carbonyl (C=O) groups excluding carboxylic acids is 1. The number of likely N-dealkylation sites (tertiary alicyclic amines) is 1. The number of nitrogens with zero attached hydrogens (tertiary/aromatic N) is 2. The van der Waals surface area contributed by atoms with Crippen molar-refractivity contribution in [2.75, 3.05) is 24.5 Å². The van der Waals surface area contributed by atoms with Crippen molar-refractivity contribution in [3.05, 3.63) is 42.5 Å². The molecule has 2 aliphatic heterocycles. The van der Waals surface area contributed by atoms with E-state index in [1.165, 1.54) is 5.56 Å². The van der Waals surface area contributed by atoms with E-state index in [0.29, 0.717) is 25.9 Å². The number of benzene rings is 1. The van der Waals surface area contributed by atoms with Crippen molar-refractivity contribution in [2.24, 2.45) is 0 Å². The standard InChI is InChI=1S/C21H30N2O3/c1-5-11-21(25)12-14-22(19(24)26-20(2,3)4)15-18(21)23-13-10-16-8-6-7-9-17(16)23/h5-9,18,25H,1,10-15H2,2-4H3/t18-,21+/m0/s1. The van der Waals surface area contributed by atoms with Crippen molar-refractivity contribution in [3.63, 3.8) is 0 Å². The van der Waals surface area contributed by atoms with Crippen LogP contribution < -0.4 is 4.90 Å². The molecule has 2 atom stereocenters. The van der Waals surface area contributed by atoms with Gasteiger partial charge in [-0.1, -0.05) is 24.3 Å². The molecule has 0 aromatic heterocycles. The number of amides is 1. The van der Waals surface area contributed by atoms with E-state index >= 15 is 0 Å². The van der Waals surface area contributed by atoms with Gasteiger partial charge in [-0.15, -0.1) is 6.58 Å². The number of piperidine rings is 1. The fraction of sp³-hybridized carbons (Fsp3) is 0.571. The Bertz CT molecular complexity index is 682.